The zero-order valence-corrected chi connectivity index (χ0v) is 13.3. The van der Waals surface area contributed by atoms with Gasteiger partial charge in [-0.25, -0.2) is 13.1 Å². The van der Waals surface area contributed by atoms with Gasteiger partial charge in [-0.05, 0) is 61.8 Å². The third kappa shape index (κ3) is 3.15. The minimum absolute atomic E-state index is 0.199. The van der Waals surface area contributed by atoms with Crippen LogP contribution in [0.3, 0.4) is 0 Å². The Kier molecular flexibility index (Phi) is 4.12. The third-order valence-electron chi connectivity index (χ3n) is 4.31. The molecule has 0 aliphatic heterocycles. The summed E-state index contributed by atoms with van der Waals surface area (Å²) in [7, 11) is -3.48. The number of nitrogens with one attached hydrogen (secondary N) is 1. The Labute approximate surface area is 121 Å². The molecule has 0 bridgehead atoms. The van der Waals surface area contributed by atoms with Crippen LogP contribution in [-0.2, 0) is 10.0 Å². The monoisotopic (exact) mass is 296 g/mol. The van der Waals surface area contributed by atoms with Crippen LogP contribution >= 0.6 is 0 Å². The molecule has 0 spiro atoms. The van der Waals surface area contributed by atoms with Crippen molar-refractivity contribution in [3.63, 3.8) is 0 Å². The summed E-state index contributed by atoms with van der Waals surface area (Å²) in [5, 5.41) is 0. The van der Waals surface area contributed by atoms with Gasteiger partial charge in [0.25, 0.3) is 0 Å². The summed E-state index contributed by atoms with van der Waals surface area (Å²) >= 11 is 0. The fourth-order valence-corrected chi connectivity index (χ4v) is 4.19. The van der Waals surface area contributed by atoms with E-state index in [0.29, 0.717) is 17.1 Å². The maximum atomic E-state index is 12.5. The van der Waals surface area contributed by atoms with Gasteiger partial charge in [-0.1, -0.05) is 13.3 Å². The molecular weight excluding hydrogens is 272 g/mol. The maximum absolute atomic E-state index is 12.5. The third-order valence-corrected chi connectivity index (χ3v) is 5.83. The van der Waals surface area contributed by atoms with Crippen molar-refractivity contribution in [3.05, 3.63) is 23.3 Å². The van der Waals surface area contributed by atoms with E-state index in [1.165, 1.54) is 0 Å². The number of benzene rings is 1. The molecule has 20 heavy (non-hydrogen) atoms. The first kappa shape index (κ1) is 15.3. The van der Waals surface area contributed by atoms with Gasteiger partial charge >= 0.3 is 0 Å². The van der Waals surface area contributed by atoms with E-state index in [1.807, 2.05) is 13.8 Å². The highest BCUT2D eigenvalue weighted by molar-refractivity contribution is 7.89. The Bertz CT molecular complexity index is 605. The summed E-state index contributed by atoms with van der Waals surface area (Å²) in [6, 6.07) is 3.35. The summed E-state index contributed by atoms with van der Waals surface area (Å²) in [6.07, 6.45) is 4.43. The molecule has 3 N–H and O–H groups in total. The molecule has 0 amide bonds. The second-order valence-corrected chi connectivity index (χ2v) is 7.77. The molecule has 1 aliphatic carbocycles. The SMILES string of the molecule is CCCC1(CNS(=O)(=O)c2cc(N)cc(C)c2C)CC1. The van der Waals surface area contributed by atoms with Crippen LogP contribution < -0.4 is 10.5 Å². The summed E-state index contributed by atoms with van der Waals surface area (Å²) < 4.78 is 27.7. The van der Waals surface area contributed by atoms with E-state index in [4.69, 9.17) is 5.73 Å². The van der Waals surface area contributed by atoms with Crippen molar-refractivity contribution >= 4 is 15.7 Å². The van der Waals surface area contributed by atoms with Crippen LogP contribution in [0, 0.1) is 19.3 Å². The average molecular weight is 296 g/mol. The van der Waals surface area contributed by atoms with Crippen molar-refractivity contribution in [2.75, 3.05) is 12.3 Å². The highest BCUT2D eigenvalue weighted by atomic mass is 32.2. The van der Waals surface area contributed by atoms with Crippen molar-refractivity contribution in [1.29, 1.82) is 0 Å². The van der Waals surface area contributed by atoms with Crippen molar-refractivity contribution < 1.29 is 8.42 Å². The van der Waals surface area contributed by atoms with Crippen molar-refractivity contribution in [1.82, 2.24) is 4.72 Å². The number of nitrogen functional groups attached to an aromatic ring is 1. The smallest absolute Gasteiger partial charge is 0.240 e. The lowest BCUT2D eigenvalue weighted by Crippen LogP contribution is -2.31. The highest BCUT2D eigenvalue weighted by Crippen LogP contribution is 2.49. The summed E-state index contributed by atoms with van der Waals surface area (Å²) in [6.45, 7) is 6.38. The van der Waals surface area contributed by atoms with Crippen LogP contribution in [0.2, 0.25) is 0 Å². The van der Waals surface area contributed by atoms with Gasteiger partial charge in [0.2, 0.25) is 10.0 Å². The summed E-state index contributed by atoms with van der Waals surface area (Å²) in [4.78, 5) is 0.308. The number of sulfonamides is 1. The van der Waals surface area contributed by atoms with Crippen molar-refractivity contribution in [2.45, 2.75) is 51.3 Å². The van der Waals surface area contributed by atoms with E-state index in [9.17, 15) is 8.42 Å². The van der Waals surface area contributed by atoms with Gasteiger partial charge in [-0.2, -0.15) is 0 Å². The first-order valence-corrected chi connectivity index (χ1v) is 8.64. The quantitative estimate of drug-likeness (QED) is 0.793. The predicted molar refractivity (Wildman–Crippen MR) is 82.1 cm³/mol. The minimum Gasteiger partial charge on any atom is -0.399 e. The molecular formula is C15H24N2O2S. The Balaban J connectivity index is 2.19. The number of aryl methyl sites for hydroxylation is 1. The molecule has 0 heterocycles. The molecule has 0 atom stereocenters. The van der Waals surface area contributed by atoms with E-state index in [2.05, 4.69) is 11.6 Å². The Morgan fingerprint density at radius 1 is 1.30 bits per heavy atom. The molecule has 0 aromatic heterocycles. The van der Waals surface area contributed by atoms with Crippen LogP contribution in [0.5, 0.6) is 0 Å². The fourth-order valence-electron chi connectivity index (χ4n) is 2.68. The van der Waals surface area contributed by atoms with Gasteiger partial charge in [0.1, 0.15) is 0 Å². The molecule has 2 rings (SSSR count). The van der Waals surface area contributed by atoms with Crippen LogP contribution in [0.25, 0.3) is 0 Å². The van der Waals surface area contributed by atoms with Gasteiger partial charge in [-0.3, -0.25) is 0 Å². The van der Waals surface area contributed by atoms with Gasteiger partial charge in [0, 0.05) is 12.2 Å². The average Bonchev–Trinajstić information content (AvgIpc) is 3.12. The summed E-state index contributed by atoms with van der Waals surface area (Å²) in [5.74, 6) is 0. The van der Waals surface area contributed by atoms with Crippen LogP contribution in [0.15, 0.2) is 17.0 Å². The van der Waals surface area contributed by atoms with E-state index in [0.717, 1.165) is 36.8 Å². The fraction of sp³-hybridized carbons (Fsp3) is 0.600. The first-order chi connectivity index (χ1) is 9.30. The molecule has 0 unspecified atom stereocenters. The van der Waals surface area contributed by atoms with Gasteiger partial charge in [0.15, 0.2) is 0 Å². The number of nitrogens with two attached hydrogens (primary N) is 1. The van der Waals surface area contributed by atoms with Crippen LogP contribution in [0.1, 0.15) is 43.7 Å². The molecule has 0 saturated heterocycles. The molecule has 1 aromatic carbocycles. The zero-order chi connectivity index (χ0) is 15.0. The van der Waals surface area contributed by atoms with Crippen LogP contribution in [0.4, 0.5) is 5.69 Å². The zero-order valence-electron chi connectivity index (χ0n) is 12.5. The van der Waals surface area contributed by atoms with E-state index >= 15 is 0 Å². The lowest BCUT2D eigenvalue weighted by atomic mass is 10.0. The number of hydrogen-bond acceptors (Lipinski definition) is 3. The van der Waals surface area contributed by atoms with Gasteiger partial charge in [-0.15, -0.1) is 0 Å². The lowest BCUT2D eigenvalue weighted by Gasteiger charge is -2.17. The van der Waals surface area contributed by atoms with E-state index in [1.54, 1.807) is 12.1 Å². The molecule has 5 heteroatoms. The normalized spacial score (nSPS) is 17.1. The Morgan fingerprint density at radius 2 is 1.95 bits per heavy atom. The number of hydrogen-bond donors (Lipinski definition) is 2. The van der Waals surface area contributed by atoms with E-state index < -0.39 is 10.0 Å². The molecule has 112 valence electrons. The number of rotatable bonds is 6. The van der Waals surface area contributed by atoms with Crippen LogP contribution in [-0.4, -0.2) is 15.0 Å². The Morgan fingerprint density at radius 3 is 2.50 bits per heavy atom. The van der Waals surface area contributed by atoms with Gasteiger partial charge in [0.05, 0.1) is 4.90 Å². The number of anilines is 1. The predicted octanol–water partition coefficient (Wildman–Crippen LogP) is 2.74. The maximum Gasteiger partial charge on any atom is 0.240 e. The highest BCUT2D eigenvalue weighted by Gasteiger charge is 2.42. The molecule has 1 aromatic rings. The topological polar surface area (TPSA) is 72.2 Å². The lowest BCUT2D eigenvalue weighted by molar-refractivity contribution is 0.449. The second-order valence-electron chi connectivity index (χ2n) is 6.04. The molecule has 0 radical (unpaired) electrons. The molecule has 1 aliphatic rings. The standard InChI is InChI=1S/C15H24N2O2S/c1-4-5-15(6-7-15)10-17-20(18,19)14-9-13(16)8-11(2)12(14)3/h8-9,17H,4-7,10,16H2,1-3H3. The first-order valence-electron chi connectivity index (χ1n) is 7.16. The Hall–Kier alpha value is -1.07. The molecule has 1 saturated carbocycles. The van der Waals surface area contributed by atoms with Crippen molar-refractivity contribution in [3.8, 4) is 0 Å². The van der Waals surface area contributed by atoms with Gasteiger partial charge < -0.3 is 5.73 Å². The second kappa shape index (κ2) is 5.37. The van der Waals surface area contributed by atoms with Crippen molar-refractivity contribution in [2.24, 2.45) is 5.41 Å². The van der Waals surface area contributed by atoms with E-state index in [-0.39, 0.29) is 5.41 Å². The summed E-state index contributed by atoms with van der Waals surface area (Å²) in [5.41, 5.74) is 8.14. The largest absolute Gasteiger partial charge is 0.399 e. The molecule has 1 fully saturated rings. The minimum atomic E-state index is -3.48. The molecule has 4 nitrogen and oxygen atoms in total.